The molecule has 30 heavy (non-hydrogen) atoms. The smallest absolute Gasteiger partial charge is 0.00192 e. The summed E-state index contributed by atoms with van der Waals surface area (Å²) in [6, 6.07) is 17.0. The highest BCUT2D eigenvalue weighted by atomic mass is 15.1. The first-order chi connectivity index (χ1) is 11.4. The van der Waals surface area contributed by atoms with Gasteiger partial charge in [-0.15, -0.1) is 0 Å². The van der Waals surface area contributed by atoms with Gasteiger partial charge < -0.3 is 4.90 Å². The van der Waals surface area contributed by atoms with Gasteiger partial charge in [0.1, 0.15) is 0 Å². The Labute approximate surface area is 193 Å². The minimum Gasteiger partial charge on any atom is -0.306 e. The van der Waals surface area contributed by atoms with E-state index >= 15 is 0 Å². The number of hydrogen-bond acceptors (Lipinski definition) is 1. The van der Waals surface area contributed by atoms with E-state index in [2.05, 4.69) is 95.1 Å². The van der Waals surface area contributed by atoms with E-state index in [4.69, 9.17) is 0 Å². The van der Waals surface area contributed by atoms with E-state index in [0.29, 0.717) is 0 Å². The van der Waals surface area contributed by atoms with Crippen LogP contribution >= 0.6 is 0 Å². The van der Waals surface area contributed by atoms with Gasteiger partial charge >= 0.3 is 0 Å². The molecule has 1 fully saturated rings. The summed E-state index contributed by atoms with van der Waals surface area (Å²) in [5.74, 6) is 0.978. The zero-order valence-corrected chi connectivity index (χ0v) is 16.5. The van der Waals surface area contributed by atoms with E-state index in [1.807, 2.05) is 0 Å². The molecule has 3 rings (SSSR count). The zero-order chi connectivity index (χ0) is 17.9. The van der Waals surface area contributed by atoms with Crippen molar-refractivity contribution in [2.24, 2.45) is 5.92 Å². The minimum atomic E-state index is 0. The van der Waals surface area contributed by atoms with Crippen molar-refractivity contribution in [3.63, 3.8) is 0 Å². The Hall–Kier alpha value is -1.60. The Kier molecular flexibility index (Phi) is 33.5. The second-order valence-corrected chi connectivity index (χ2v) is 7.30. The molecule has 1 heterocycles. The van der Waals surface area contributed by atoms with Gasteiger partial charge in [-0.25, -0.2) is 0 Å². The predicted octanol–water partition coefficient (Wildman–Crippen LogP) is 9.77. The fourth-order valence-corrected chi connectivity index (χ4v) is 2.41. The van der Waals surface area contributed by atoms with Crippen LogP contribution in [0, 0.1) is 33.6 Å². The molecular weight excluding hydrogens is 362 g/mol. The number of rotatable bonds is 0. The third kappa shape index (κ3) is 21.1. The average Bonchev–Trinajstić information content (AvgIpc) is 2.57. The summed E-state index contributed by atoms with van der Waals surface area (Å²) in [7, 11) is 2.20. The van der Waals surface area contributed by atoms with Crippen molar-refractivity contribution in [2.45, 2.75) is 92.0 Å². The fourth-order valence-electron chi connectivity index (χ4n) is 2.41. The number of aryl methyl sites for hydroxylation is 4. The monoisotopic (exact) mass is 421 g/mol. The molecule has 1 aliphatic heterocycles. The van der Waals surface area contributed by atoms with Crippen LogP contribution in [-0.4, -0.2) is 25.0 Å². The van der Waals surface area contributed by atoms with Gasteiger partial charge in [-0.05, 0) is 66.6 Å². The second-order valence-electron chi connectivity index (χ2n) is 7.30. The lowest BCUT2D eigenvalue weighted by Gasteiger charge is -2.26. The standard InChI is InChI=1S/2C8H10.C7H15N.6CH4/c3*1-7-3-5-8(2)6-4-7;;;;;;/h2*3-6H,1-2H3;7H,3-6H2,1-2H3;6*1H4. The van der Waals surface area contributed by atoms with Crippen LogP contribution in [0.3, 0.4) is 0 Å². The summed E-state index contributed by atoms with van der Waals surface area (Å²) in [6.07, 6.45) is 2.80. The number of benzene rings is 2. The Balaban J connectivity index is -0.0000000655. The zero-order valence-electron chi connectivity index (χ0n) is 16.5. The van der Waals surface area contributed by atoms with Crippen molar-refractivity contribution in [1.82, 2.24) is 4.90 Å². The van der Waals surface area contributed by atoms with Crippen molar-refractivity contribution < 1.29 is 0 Å². The van der Waals surface area contributed by atoms with Crippen LogP contribution in [0.15, 0.2) is 48.5 Å². The highest BCUT2D eigenvalue weighted by Crippen LogP contribution is 2.13. The molecule has 0 N–H and O–H groups in total. The summed E-state index contributed by atoms with van der Waals surface area (Å²) >= 11 is 0. The van der Waals surface area contributed by atoms with E-state index in [9.17, 15) is 0 Å². The van der Waals surface area contributed by atoms with Crippen molar-refractivity contribution >= 4 is 0 Å². The molecule has 0 saturated carbocycles. The summed E-state index contributed by atoms with van der Waals surface area (Å²) in [5, 5.41) is 0. The number of piperidine rings is 1. The topological polar surface area (TPSA) is 3.24 Å². The Bertz CT molecular complexity index is 450. The maximum absolute atomic E-state index is 2.40. The maximum Gasteiger partial charge on any atom is -0.00192 e. The van der Waals surface area contributed by atoms with Crippen LogP contribution in [0.1, 0.15) is 86.6 Å². The first-order valence-electron chi connectivity index (χ1n) is 9.12. The van der Waals surface area contributed by atoms with Gasteiger partial charge in [-0.3, -0.25) is 0 Å². The summed E-state index contributed by atoms with van der Waals surface area (Å²) in [5.41, 5.74) is 5.32. The van der Waals surface area contributed by atoms with E-state index in [-0.39, 0.29) is 44.6 Å². The lowest BCUT2D eigenvalue weighted by atomic mass is 10.00. The molecule has 0 bridgehead atoms. The molecule has 1 nitrogen and oxygen atoms in total. The molecule has 1 aliphatic rings. The van der Waals surface area contributed by atoms with Gasteiger partial charge in [0.2, 0.25) is 0 Å². The van der Waals surface area contributed by atoms with Gasteiger partial charge in [0.15, 0.2) is 0 Å². The molecular formula is C29H59N. The summed E-state index contributed by atoms with van der Waals surface area (Å²) in [6.45, 7) is 13.3. The minimum absolute atomic E-state index is 0. The maximum atomic E-state index is 2.40. The fraction of sp³-hybridized carbons (Fsp3) is 0.586. The molecule has 1 saturated heterocycles. The van der Waals surface area contributed by atoms with Gasteiger partial charge in [0, 0.05) is 0 Å². The Morgan fingerprint density at radius 2 is 0.733 bits per heavy atom. The highest BCUT2D eigenvalue weighted by Gasteiger charge is 2.10. The van der Waals surface area contributed by atoms with E-state index in [1.54, 1.807) is 0 Å². The summed E-state index contributed by atoms with van der Waals surface area (Å²) in [4.78, 5) is 2.40. The number of nitrogens with zero attached hydrogens (tertiary/aromatic N) is 1. The lowest BCUT2D eigenvalue weighted by molar-refractivity contribution is 0.230. The largest absolute Gasteiger partial charge is 0.306 e. The van der Waals surface area contributed by atoms with Crippen molar-refractivity contribution in [3.8, 4) is 0 Å². The molecule has 2 aromatic carbocycles. The Morgan fingerprint density at radius 3 is 0.900 bits per heavy atom. The first kappa shape index (κ1) is 42.5. The third-order valence-electron chi connectivity index (χ3n) is 4.44. The van der Waals surface area contributed by atoms with Crippen LogP contribution in [-0.2, 0) is 0 Å². The molecule has 180 valence electrons. The normalized spacial score (nSPS) is 11.9. The summed E-state index contributed by atoms with van der Waals surface area (Å²) < 4.78 is 0. The van der Waals surface area contributed by atoms with Gasteiger partial charge in [0.25, 0.3) is 0 Å². The lowest BCUT2D eigenvalue weighted by Crippen LogP contribution is -2.28. The predicted molar refractivity (Wildman–Crippen MR) is 148 cm³/mol. The van der Waals surface area contributed by atoms with Crippen LogP contribution < -0.4 is 0 Å². The van der Waals surface area contributed by atoms with E-state index < -0.39 is 0 Å². The van der Waals surface area contributed by atoms with Crippen molar-refractivity contribution in [3.05, 3.63) is 70.8 Å². The molecule has 2 aromatic rings. The van der Waals surface area contributed by atoms with Crippen LogP contribution in [0.4, 0.5) is 0 Å². The molecule has 0 radical (unpaired) electrons. The molecule has 0 atom stereocenters. The molecule has 0 amide bonds. The molecule has 0 spiro atoms. The van der Waals surface area contributed by atoms with E-state index in [1.165, 1.54) is 48.2 Å². The molecule has 0 unspecified atom stereocenters. The second kappa shape index (κ2) is 23.7. The SMILES string of the molecule is C.C.C.C.C.C.CC1CCN(C)CC1.Cc1ccc(C)cc1.Cc1ccc(C)cc1. The number of hydrogen-bond donors (Lipinski definition) is 0. The average molecular weight is 422 g/mol. The quantitative estimate of drug-likeness (QED) is 0.409. The molecule has 1 heteroatoms. The van der Waals surface area contributed by atoms with Crippen LogP contribution in [0.25, 0.3) is 0 Å². The molecule has 0 aromatic heterocycles. The van der Waals surface area contributed by atoms with Gasteiger partial charge in [-0.1, -0.05) is 122 Å². The highest BCUT2D eigenvalue weighted by molar-refractivity contribution is 5.20. The van der Waals surface area contributed by atoms with Crippen molar-refractivity contribution in [2.75, 3.05) is 20.1 Å². The first-order valence-corrected chi connectivity index (χ1v) is 9.12. The third-order valence-corrected chi connectivity index (χ3v) is 4.44. The van der Waals surface area contributed by atoms with Crippen molar-refractivity contribution in [1.29, 1.82) is 0 Å². The van der Waals surface area contributed by atoms with E-state index in [0.717, 1.165) is 5.92 Å². The van der Waals surface area contributed by atoms with Crippen LogP contribution in [0.2, 0.25) is 0 Å². The Morgan fingerprint density at radius 1 is 0.533 bits per heavy atom. The van der Waals surface area contributed by atoms with Gasteiger partial charge in [-0.2, -0.15) is 0 Å². The number of likely N-dealkylation sites (tertiary alicyclic amines) is 1. The van der Waals surface area contributed by atoms with Gasteiger partial charge in [0.05, 0.1) is 0 Å². The molecule has 0 aliphatic carbocycles. The van der Waals surface area contributed by atoms with Crippen LogP contribution in [0.5, 0.6) is 0 Å².